The maximum absolute atomic E-state index is 12.5. The van der Waals surface area contributed by atoms with Crippen LogP contribution < -0.4 is 4.74 Å². The van der Waals surface area contributed by atoms with E-state index in [9.17, 15) is 8.42 Å². The molecule has 128 valence electrons. The molecule has 3 heterocycles. The molecule has 1 aromatic rings. The average molecular weight is 341 g/mol. The maximum atomic E-state index is 12.5. The van der Waals surface area contributed by atoms with E-state index in [-0.39, 0.29) is 11.5 Å². The molecular weight excluding hydrogens is 318 g/mol. The highest BCUT2D eigenvalue weighted by Crippen LogP contribution is 2.42. The topological polar surface area (TPSA) is 72.0 Å². The average Bonchev–Trinajstić information content (AvgIpc) is 2.97. The van der Waals surface area contributed by atoms with E-state index in [1.54, 1.807) is 30.8 Å². The highest BCUT2D eigenvalue weighted by atomic mass is 32.2. The first kappa shape index (κ1) is 16.6. The summed E-state index contributed by atoms with van der Waals surface area (Å²) >= 11 is 0. The first-order valence-electron chi connectivity index (χ1n) is 7.76. The van der Waals surface area contributed by atoms with Gasteiger partial charge in [0.2, 0.25) is 0 Å². The number of nitrogens with zero attached hydrogens (tertiary/aromatic N) is 3. The third-order valence-electron chi connectivity index (χ3n) is 4.68. The van der Waals surface area contributed by atoms with E-state index in [4.69, 9.17) is 9.47 Å². The van der Waals surface area contributed by atoms with Crippen molar-refractivity contribution in [3.63, 3.8) is 0 Å². The van der Waals surface area contributed by atoms with Gasteiger partial charge in [0.15, 0.2) is 0 Å². The Morgan fingerprint density at radius 1 is 1.52 bits per heavy atom. The third-order valence-corrected chi connectivity index (χ3v) is 6.57. The number of rotatable bonds is 5. The molecule has 2 saturated heterocycles. The summed E-state index contributed by atoms with van der Waals surface area (Å²) in [5.74, 6) is 0.695. The predicted molar refractivity (Wildman–Crippen MR) is 85.3 cm³/mol. The molecule has 0 N–H and O–H groups in total. The number of hydrogen-bond donors (Lipinski definition) is 0. The Hall–Kier alpha value is -1.22. The fourth-order valence-corrected chi connectivity index (χ4v) is 4.52. The monoisotopic (exact) mass is 341 g/mol. The Balaban J connectivity index is 1.77. The van der Waals surface area contributed by atoms with Gasteiger partial charge in [-0.15, -0.1) is 0 Å². The molecule has 2 aliphatic rings. The van der Waals surface area contributed by atoms with Gasteiger partial charge in [-0.3, -0.25) is 4.98 Å². The Labute approximate surface area is 137 Å². The van der Waals surface area contributed by atoms with Gasteiger partial charge >= 0.3 is 0 Å². The molecule has 0 spiro atoms. The molecule has 0 radical (unpaired) electrons. The molecule has 0 amide bonds. The van der Waals surface area contributed by atoms with Crippen molar-refractivity contribution in [1.29, 1.82) is 0 Å². The Bertz CT molecular complexity index is 637. The van der Waals surface area contributed by atoms with Crippen LogP contribution in [0.4, 0.5) is 0 Å². The summed E-state index contributed by atoms with van der Waals surface area (Å²) in [6, 6.07) is 3.67. The predicted octanol–water partition coefficient (Wildman–Crippen LogP) is 0.748. The zero-order chi connectivity index (χ0) is 16.5. The van der Waals surface area contributed by atoms with Crippen molar-refractivity contribution in [2.24, 2.45) is 5.41 Å². The molecule has 2 aliphatic heterocycles. The van der Waals surface area contributed by atoms with E-state index in [0.29, 0.717) is 38.5 Å². The van der Waals surface area contributed by atoms with Gasteiger partial charge < -0.3 is 9.47 Å². The molecule has 0 aromatic carbocycles. The third kappa shape index (κ3) is 3.21. The number of pyridine rings is 1. The zero-order valence-corrected chi connectivity index (χ0v) is 14.3. The van der Waals surface area contributed by atoms with Gasteiger partial charge in [-0.2, -0.15) is 17.0 Å². The molecule has 0 unspecified atom stereocenters. The van der Waals surface area contributed by atoms with Crippen LogP contribution in [0.1, 0.15) is 12.8 Å². The van der Waals surface area contributed by atoms with Crippen LogP contribution in [0.25, 0.3) is 0 Å². The molecule has 3 rings (SSSR count). The molecule has 0 bridgehead atoms. The van der Waals surface area contributed by atoms with E-state index >= 15 is 0 Å². The van der Waals surface area contributed by atoms with Crippen LogP contribution in [-0.4, -0.2) is 68.5 Å². The van der Waals surface area contributed by atoms with Crippen LogP contribution in [-0.2, 0) is 14.9 Å². The van der Waals surface area contributed by atoms with E-state index < -0.39 is 10.2 Å². The first-order chi connectivity index (χ1) is 10.9. The van der Waals surface area contributed by atoms with Gasteiger partial charge in [-0.05, 0) is 25.0 Å². The molecule has 8 heteroatoms. The normalized spacial score (nSPS) is 28.7. The summed E-state index contributed by atoms with van der Waals surface area (Å²) < 4.78 is 39.4. The van der Waals surface area contributed by atoms with Crippen LogP contribution in [0.15, 0.2) is 24.5 Å². The van der Waals surface area contributed by atoms with E-state index in [0.717, 1.165) is 6.42 Å². The van der Waals surface area contributed by atoms with Gasteiger partial charge in [0, 0.05) is 45.4 Å². The highest BCUT2D eigenvalue weighted by Gasteiger charge is 2.51. The van der Waals surface area contributed by atoms with Crippen molar-refractivity contribution in [2.45, 2.75) is 18.9 Å². The molecular formula is C15H23N3O4S. The Morgan fingerprint density at radius 3 is 3.04 bits per heavy atom. The van der Waals surface area contributed by atoms with Crippen molar-refractivity contribution < 1.29 is 17.9 Å². The van der Waals surface area contributed by atoms with Gasteiger partial charge in [0.1, 0.15) is 5.75 Å². The summed E-state index contributed by atoms with van der Waals surface area (Å²) in [4.78, 5) is 4.04. The molecule has 2 fully saturated rings. The van der Waals surface area contributed by atoms with Crippen LogP contribution in [0.3, 0.4) is 0 Å². The van der Waals surface area contributed by atoms with E-state index in [1.165, 1.54) is 4.31 Å². The fraction of sp³-hybridized carbons (Fsp3) is 0.667. The van der Waals surface area contributed by atoms with Gasteiger partial charge in [-0.25, -0.2) is 0 Å². The van der Waals surface area contributed by atoms with Crippen LogP contribution in [0.5, 0.6) is 5.75 Å². The van der Waals surface area contributed by atoms with Crippen LogP contribution >= 0.6 is 0 Å². The molecule has 0 saturated carbocycles. The Morgan fingerprint density at radius 2 is 2.35 bits per heavy atom. The van der Waals surface area contributed by atoms with Crippen molar-refractivity contribution >= 4 is 10.2 Å². The number of piperidine rings is 1. The maximum Gasteiger partial charge on any atom is 0.281 e. The first-order valence-corrected chi connectivity index (χ1v) is 9.16. The Kier molecular flexibility index (Phi) is 4.59. The number of ether oxygens (including phenoxy) is 2. The molecule has 0 aliphatic carbocycles. The van der Waals surface area contributed by atoms with E-state index in [2.05, 4.69) is 4.98 Å². The second-order valence-electron chi connectivity index (χ2n) is 6.36. The second-order valence-corrected chi connectivity index (χ2v) is 8.50. The molecule has 23 heavy (non-hydrogen) atoms. The summed E-state index contributed by atoms with van der Waals surface area (Å²) in [5, 5.41) is 0. The second kappa shape index (κ2) is 6.35. The number of aromatic nitrogens is 1. The number of hydrogen-bond acceptors (Lipinski definition) is 5. The van der Waals surface area contributed by atoms with Gasteiger partial charge in [0.05, 0.1) is 18.9 Å². The lowest BCUT2D eigenvalue weighted by molar-refractivity contribution is -0.0200. The lowest BCUT2D eigenvalue weighted by atomic mass is 9.78. The fourth-order valence-electron chi connectivity index (χ4n) is 3.30. The molecule has 7 nitrogen and oxygen atoms in total. The lowest BCUT2D eigenvalue weighted by Crippen LogP contribution is -2.56. The largest absolute Gasteiger partial charge is 0.491 e. The highest BCUT2D eigenvalue weighted by molar-refractivity contribution is 7.86. The van der Waals surface area contributed by atoms with Gasteiger partial charge in [0.25, 0.3) is 10.2 Å². The standard InChI is InChI=1S/C15H23N3O4S/c1-17(2)23(19,20)18-8-5-14-15(11-18,6-9-21-14)12-22-13-4-3-7-16-10-13/h3-4,7,10,14H,5-6,8-9,11-12H2,1-2H3/t14-,15+/m0/s1. The minimum atomic E-state index is -3.42. The summed E-state index contributed by atoms with van der Waals surface area (Å²) in [6.07, 6.45) is 4.91. The molecule has 2 atom stereocenters. The molecule has 1 aromatic heterocycles. The van der Waals surface area contributed by atoms with Crippen molar-refractivity contribution in [1.82, 2.24) is 13.6 Å². The lowest BCUT2D eigenvalue weighted by Gasteiger charge is -2.43. The van der Waals surface area contributed by atoms with Crippen LogP contribution in [0, 0.1) is 5.41 Å². The summed E-state index contributed by atoms with van der Waals surface area (Å²) in [6.45, 7) is 2.00. The number of fused-ring (bicyclic) bond motifs is 1. The minimum Gasteiger partial charge on any atom is -0.491 e. The summed E-state index contributed by atoms with van der Waals surface area (Å²) in [5.41, 5.74) is -0.294. The van der Waals surface area contributed by atoms with Gasteiger partial charge in [-0.1, -0.05) is 0 Å². The van der Waals surface area contributed by atoms with Crippen molar-refractivity contribution in [2.75, 3.05) is 40.4 Å². The van der Waals surface area contributed by atoms with Crippen molar-refractivity contribution in [3.8, 4) is 5.75 Å². The SMILES string of the molecule is CN(C)S(=O)(=O)N1CC[C@@H]2OCC[C@]2(COc2cccnc2)C1. The summed E-state index contributed by atoms with van der Waals surface area (Å²) in [7, 11) is -0.295. The van der Waals surface area contributed by atoms with Crippen LogP contribution in [0.2, 0.25) is 0 Å². The smallest absolute Gasteiger partial charge is 0.281 e. The van der Waals surface area contributed by atoms with E-state index in [1.807, 2.05) is 12.1 Å². The quantitative estimate of drug-likeness (QED) is 0.790. The zero-order valence-electron chi connectivity index (χ0n) is 13.5. The minimum absolute atomic E-state index is 0.0489. The van der Waals surface area contributed by atoms with Crippen molar-refractivity contribution in [3.05, 3.63) is 24.5 Å².